The van der Waals surface area contributed by atoms with E-state index in [-0.39, 0.29) is 0 Å². The molecule has 0 radical (unpaired) electrons. The summed E-state index contributed by atoms with van der Waals surface area (Å²) in [7, 11) is 0. The molecule has 0 unspecified atom stereocenters. The van der Waals surface area contributed by atoms with Crippen molar-refractivity contribution < 1.29 is 4.42 Å². The third-order valence-corrected chi connectivity index (χ3v) is 4.38. The van der Waals surface area contributed by atoms with Crippen LogP contribution in [-0.4, -0.2) is 9.97 Å². The van der Waals surface area contributed by atoms with Crippen LogP contribution in [-0.2, 0) is 6.54 Å². The molecular formula is C21H20N4O. The molecule has 2 N–H and O–H groups in total. The first kappa shape index (κ1) is 16.1. The number of nitrogens with zero attached hydrogens (tertiary/aromatic N) is 2. The number of aromatic nitrogens is 2. The first-order valence-electron chi connectivity index (χ1n) is 8.56. The SMILES string of the molecule is Cc1ccc(Nc2nc(NCc3ccco3)c3ccccc3n2)cc1C. The number of rotatable bonds is 5. The van der Waals surface area contributed by atoms with Crippen molar-refractivity contribution in [2.45, 2.75) is 20.4 Å². The van der Waals surface area contributed by atoms with E-state index in [9.17, 15) is 0 Å². The number of para-hydroxylation sites is 1. The summed E-state index contributed by atoms with van der Waals surface area (Å²) in [6, 6.07) is 18.0. The molecule has 5 nitrogen and oxygen atoms in total. The van der Waals surface area contributed by atoms with Gasteiger partial charge in [-0.05, 0) is 61.4 Å². The highest BCUT2D eigenvalue weighted by molar-refractivity contribution is 5.90. The number of aryl methyl sites for hydroxylation is 2. The Labute approximate surface area is 152 Å². The summed E-state index contributed by atoms with van der Waals surface area (Å²) < 4.78 is 5.40. The monoisotopic (exact) mass is 344 g/mol. The van der Waals surface area contributed by atoms with Gasteiger partial charge in [0.25, 0.3) is 0 Å². The summed E-state index contributed by atoms with van der Waals surface area (Å²) in [5.41, 5.74) is 4.35. The summed E-state index contributed by atoms with van der Waals surface area (Å²) in [5.74, 6) is 2.20. The number of hydrogen-bond donors (Lipinski definition) is 2. The maximum atomic E-state index is 5.40. The fourth-order valence-electron chi connectivity index (χ4n) is 2.80. The lowest BCUT2D eigenvalue weighted by molar-refractivity contribution is 0.518. The Morgan fingerprint density at radius 3 is 2.62 bits per heavy atom. The Morgan fingerprint density at radius 2 is 1.81 bits per heavy atom. The van der Waals surface area contributed by atoms with E-state index in [4.69, 9.17) is 4.42 Å². The molecule has 2 aromatic carbocycles. The Bertz CT molecular complexity index is 1040. The minimum atomic E-state index is 0.564. The minimum absolute atomic E-state index is 0.564. The van der Waals surface area contributed by atoms with Gasteiger partial charge in [0.05, 0.1) is 18.3 Å². The standard InChI is InChI=1S/C21H20N4O/c1-14-9-10-16(12-15(14)2)23-21-24-19-8-4-3-7-18(19)20(25-21)22-13-17-6-5-11-26-17/h3-12H,13H2,1-2H3,(H2,22,23,24,25). The summed E-state index contributed by atoms with van der Waals surface area (Å²) >= 11 is 0. The van der Waals surface area contributed by atoms with Crippen molar-refractivity contribution in [2.24, 2.45) is 0 Å². The predicted molar refractivity (Wildman–Crippen MR) is 105 cm³/mol. The predicted octanol–water partition coefficient (Wildman–Crippen LogP) is 5.20. The first-order valence-corrected chi connectivity index (χ1v) is 8.56. The molecule has 2 aromatic heterocycles. The number of furan rings is 1. The van der Waals surface area contributed by atoms with Gasteiger partial charge < -0.3 is 15.1 Å². The summed E-state index contributed by atoms with van der Waals surface area (Å²) in [6.45, 7) is 4.76. The molecule has 0 saturated carbocycles. The number of nitrogens with one attached hydrogen (secondary N) is 2. The first-order chi connectivity index (χ1) is 12.7. The average molecular weight is 344 g/mol. The van der Waals surface area contributed by atoms with Crippen molar-refractivity contribution >= 4 is 28.4 Å². The van der Waals surface area contributed by atoms with Gasteiger partial charge in [-0.15, -0.1) is 0 Å². The molecule has 0 atom stereocenters. The molecule has 0 aliphatic heterocycles. The zero-order valence-electron chi connectivity index (χ0n) is 14.8. The van der Waals surface area contributed by atoms with Crippen molar-refractivity contribution in [1.29, 1.82) is 0 Å². The number of hydrogen-bond acceptors (Lipinski definition) is 5. The van der Waals surface area contributed by atoms with Crippen LogP contribution in [0.5, 0.6) is 0 Å². The van der Waals surface area contributed by atoms with E-state index in [0.29, 0.717) is 12.5 Å². The molecule has 5 heteroatoms. The van der Waals surface area contributed by atoms with E-state index in [2.05, 4.69) is 46.6 Å². The van der Waals surface area contributed by atoms with Gasteiger partial charge in [-0.1, -0.05) is 18.2 Å². The van der Waals surface area contributed by atoms with Crippen molar-refractivity contribution in [3.8, 4) is 0 Å². The van der Waals surface area contributed by atoms with E-state index in [1.54, 1.807) is 6.26 Å². The zero-order chi connectivity index (χ0) is 17.9. The molecule has 0 amide bonds. The van der Waals surface area contributed by atoms with Crippen LogP contribution in [0.25, 0.3) is 10.9 Å². The Hall–Kier alpha value is -3.34. The van der Waals surface area contributed by atoms with Crippen LogP contribution < -0.4 is 10.6 Å². The lowest BCUT2D eigenvalue weighted by Gasteiger charge is -2.12. The second-order valence-corrected chi connectivity index (χ2v) is 6.27. The van der Waals surface area contributed by atoms with Gasteiger partial charge in [0, 0.05) is 11.1 Å². The van der Waals surface area contributed by atoms with Crippen LogP contribution in [0.4, 0.5) is 17.5 Å². The van der Waals surface area contributed by atoms with Crippen LogP contribution >= 0.6 is 0 Å². The Morgan fingerprint density at radius 1 is 0.923 bits per heavy atom. The number of fused-ring (bicyclic) bond motifs is 1. The third kappa shape index (κ3) is 3.37. The Kier molecular flexibility index (Phi) is 4.27. The number of benzene rings is 2. The van der Waals surface area contributed by atoms with E-state index in [0.717, 1.165) is 28.2 Å². The molecule has 0 saturated heterocycles. The van der Waals surface area contributed by atoms with Crippen molar-refractivity contribution in [3.05, 3.63) is 77.7 Å². The maximum absolute atomic E-state index is 5.40. The largest absolute Gasteiger partial charge is 0.467 e. The quantitative estimate of drug-likeness (QED) is 0.521. The molecule has 4 rings (SSSR count). The van der Waals surface area contributed by atoms with E-state index < -0.39 is 0 Å². The van der Waals surface area contributed by atoms with Crippen molar-refractivity contribution in [3.63, 3.8) is 0 Å². The normalized spacial score (nSPS) is 10.8. The number of anilines is 3. The van der Waals surface area contributed by atoms with Gasteiger partial charge >= 0.3 is 0 Å². The van der Waals surface area contributed by atoms with Gasteiger partial charge in [0.2, 0.25) is 5.95 Å². The van der Waals surface area contributed by atoms with Crippen LogP contribution in [0.2, 0.25) is 0 Å². The minimum Gasteiger partial charge on any atom is -0.467 e. The van der Waals surface area contributed by atoms with Gasteiger partial charge in [-0.25, -0.2) is 4.98 Å². The molecule has 2 heterocycles. The topological polar surface area (TPSA) is 63.0 Å². The lowest BCUT2D eigenvalue weighted by atomic mass is 10.1. The Balaban J connectivity index is 1.67. The maximum Gasteiger partial charge on any atom is 0.229 e. The molecule has 130 valence electrons. The highest BCUT2D eigenvalue weighted by atomic mass is 16.3. The van der Waals surface area contributed by atoms with Crippen LogP contribution in [0.15, 0.2) is 65.3 Å². The van der Waals surface area contributed by atoms with Crippen molar-refractivity contribution in [1.82, 2.24) is 9.97 Å². The molecule has 0 spiro atoms. The lowest BCUT2D eigenvalue weighted by Crippen LogP contribution is -2.05. The van der Waals surface area contributed by atoms with E-state index in [1.165, 1.54) is 11.1 Å². The van der Waals surface area contributed by atoms with Crippen LogP contribution in [0.1, 0.15) is 16.9 Å². The fraction of sp³-hybridized carbons (Fsp3) is 0.143. The molecule has 4 aromatic rings. The highest BCUT2D eigenvalue weighted by Gasteiger charge is 2.09. The second kappa shape index (κ2) is 6.88. The third-order valence-electron chi connectivity index (χ3n) is 4.38. The summed E-state index contributed by atoms with van der Waals surface area (Å²) in [5, 5.41) is 7.64. The zero-order valence-corrected chi connectivity index (χ0v) is 14.8. The highest BCUT2D eigenvalue weighted by Crippen LogP contribution is 2.25. The molecule has 0 bridgehead atoms. The summed E-state index contributed by atoms with van der Waals surface area (Å²) in [6.07, 6.45) is 1.67. The molecule has 0 aliphatic carbocycles. The summed E-state index contributed by atoms with van der Waals surface area (Å²) in [4.78, 5) is 9.32. The van der Waals surface area contributed by atoms with E-state index >= 15 is 0 Å². The molecular weight excluding hydrogens is 324 g/mol. The van der Waals surface area contributed by atoms with Gasteiger partial charge in [0.1, 0.15) is 11.6 Å². The second-order valence-electron chi connectivity index (χ2n) is 6.27. The van der Waals surface area contributed by atoms with Crippen LogP contribution in [0.3, 0.4) is 0 Å². The molecule has 0 fully saturated rings. The average Bonchev–Trinajstić information content (AvgIpc) is 3.16. The fourth-order valence-corrected chi connectivity index (χ4v) is 2.80. The van der Waals surface area contributed by atoms with Crippen molar-refractivity contribution in [2.75, 3.05) is 10.6 Å². The molecule has 26 heavy (non-hydrogen) atoms. The van der Waals surface area contributed by atoms with Crippen LogP contribution in [0, 0.1) is 13.8 Å². The van der Waals surface area contributed by atoms with Gasteiger partial charge in [-0.3, -0.25) is 0 Å². The molecule has 0 aliphatic rings. The smallest absolute Gasteiger partial charge is 0.229 e. The van der Waals surface area contributed by atoms with Gasteiger partial charge in [0.15, 0.2) is 0 Å². The van der Waals surface area contributed by atoms with Gasteiger partial charge in [-0.2, -0.15) is 4.98 Å². The van der Waals surface area contributed by atoms with E-state index in [1.807, 2.05) is 42.5 Å².